The minimum absolute atomic E-state index is 0.156. The van der Waals surface area contributed by atoms with Gasteiger partial charge in [-0.3, -0.25) is 4.79 Å². The Morgan fingerprint density at radius 3 is 2.81 bits per heavy atom. The van der Waals surface area contributed by atoms with Crippen molar-refractivity contribution in [3.8, 4) is 5.75 Å². The van der Waals surface area contributed by atoms with Crippen molar-refractivity contribution in [2.75, 3.05) is 6.61 Å². The van der Waals surface area contributed by atoms with Crippen LogP contribution in [0, 0.1) is 6.92 Å². The van der Waals surface area contributed by atoms with Gasteiger partial charge in [0, 0.05) is 22.9 Å². The van der Waals surface area contributed by atoms with Gasteiger partial charge in [0.25, 0.3) is 0 Å². The van der Waals surface area contributed by atoms with Crippen molar-refractivity contribution in [2.24, 2.45) is 0 Å². The third kappa shape index (κ3) is 5.20. The highest BCUT2D eigenvalue weighted by Gasteiger charge is 2.06. The summed E-state index contributed by atoms with van der Waals surface area (Å²) in [6, 6.07) is 9.69. The van der Waals surface area contributed by atoms with Gasteiger partial charge in [0.1, 0.15) is 11.4 Å². The van der Waals surface area contributed by atoms with Gasteiger partial charge in [-0.15, -0.1) is 0 Å². The molecule has 0 radical (unpaired) electrons. The predicted octanol–water partition coefficient (Wildman–Crippen LogP) is 4.52. The van der Waals surface area contributed by atoms with Crippen LogP contribution in [0.3, 0.4) is 0 Å². The number of carbonyl (C=O) groups is 1. The molecule has 5 nitrogen and oxygen atoms in total. The van der Waals surface area contributed by atoms with Crippen molar-refractivity contribution in [3.63, 3.8) is 0 Å². The average molecular weight is 428 g/mol. The number of nitrogens with one attached hydrogen (secondary N) is 1. The Hall–Kier alpha value is -2.60. The number of rotatable bonds is 7. The molecule has 0 aliphatic carbocycles. The SMILES string of the molecule is CCCOc1ccc(/C=C/C(=O)NCc2cn3cc(Br)cc(C)c3n2)cc1. The summed E-state index contributed by atoms with van der Waals surface area (Å²) in [4.78, 5) is 16.6. The van der Waals surface area contributed by atoms with Crippen LogP contribution in [0.25, 0.3) is 11.7 Å². The van der Waals surface area contributed by atoms with E-state index in [0.717, 1.165) is 39.1 Å². The zero-order valence-electron chi connectivity index (χ0n) is 15.4. The van der Waals surface area contributed by atoms with Crippen LogP contribution in [0.15, 0.2) is 53.3 Å². The lowest BCUT2D eigenvalue weighted by Gasteiger charge is -2.04. The van der Waals surface area contributed by atoms with Crippen molar-refractivity contribution >= 4 is 33.6 Å². The minimum Gasteiger partial charge on any atom is -0.494 e. The summed E-state index contributed by atoms with van der Waals surface area (Å²) >= 11 is 3.48. The molecule has 1 N–H and O–H groups in total. The lowest BCUT2D eigenvalue weighted by atomic mass is 10.2. The Labute approximate surface area is 167 Å². The number of imidazole rings is 1. The van der Waals surface area contributed by atoms with Crippen LogP contribution in [0.4, 0.5) is 0 Å². The summed E-state index contributed by atoms with van der Waals surface area (Å²) in [5, 5.41) is 2.87. The predicted molar refractivity (Wildman–Crippen MR) is 111 cm³/mol. The Balaban J connectivity index is 1.56. The molecule has 2 aromatic heterocycles. The molecule has 6 heteroatoms. The van der Waals surface area contributed by atoms with E-state index in [1.165, 1.54) is 6.08 Å². The largest absolute Gasteiger partial charge is 0.494 e. The molecule has 0 unspecified atom stereocenters. The fraction of sp³-hybridized carbons (Fsp3) is 0.238. The fourth-order valence-electron chi connectivity index (χ4n) is 2.66. The first kappa shape index (κ1) is 19.2. The number of carbonyl (C=O) groups excluding carboxylic acids is 1. The molecule has 1 aromatic carbocycles. The summed E-state index contributed by atoms with van der Waals surface area (Å²) in [5.74, 6) is 0.684. The molecule has 0 bridgehead atoms. The van der Waals surface area contributed by atoms with E-state index >= 15 is 0 Å². The molecule has 3 rings (SSSR count). The Kier molecular flexibility index (Phi) is 6.29. The molecule has 0 aliphatic rings. The number of aryl methyl sites for hydroxylation is 1. The molecule has 0 spiro atoms. The van der Waals surface area contributed by atoms with Crippen LogP contribution in [0.1, 0.15) is 30.2 Å². The van der Waals surface area contributed by atoms with Gasteiger partial charge in [-0.25, -0.2) is 4.98 Å². The number of fused-ring (bicyclic) bond motifs is 1. The van der Waals surface area contributed by atoms with Gasteiger partial charge in [-0.05, 0) is 64.7 Å². The molecule has 0 saturated heterocycles. The third-order valence-corrected chi connectivity index (χ3v) is 4.41. The molecule has 3 aromatic rings. The van der Waals surface area contributed by atoms with E-state index in [4.69, 9.17) is 4.74 Å². The maximum Gasteiger partial charge on any atom is 0.244 e. The van der Waals surface area contributed by atoms with Gasteiger partial charge in [-0.2, -0.15) is 0 Å². The number of hydrogen-bond donors (Lipinski definition) is 1. The molecule has 140 valence electrons. The molecular weight excluding hydrogens is 406 g/mol. The maximum absolute atomic E-state index is 12.1. The molecular formula is C21H22BrN3O2. The lowest BCUT2D eigenvalue weighted by Crippen LogP contribution is -2.20. The number of ether oxygens (including phenoxy) is 1. The van der Waals surface area contributed by atoms with Crippen LogP contribution >= 0.6 is 15.9 Å². The van der Waals surface area contributed by atoms with Gasteiger partial charge < -0.3 is 14.5 Å². The molecule has 0 fully saturated rings. The van der Waals surface area contributed by atoms with Crippen LogP contribution < -0.4 is 10.1 Å². The molecule has 2 heterocycles. The third-order valence-electron chi connectivity index (χ3n) is 3.98. The van der Waals surface area contributed by atoms with E-state index in [2.05, 4.69) is 33.2 Å². The summed E-state index contributed by atoms with van der Waals surface area (Å²) in [6.45, 7) is 5.17. The minimum atomic E-state index is -0.156. The summed E-state index contributed by atoms with van der Waals surface area (Å²) in [7, 11) is 0. The fourth-order valence-corrected chi connectivity index (χ4v) is 3.23. The summed E-state index contributed by atoms with van der Waals surface area (Å²) < 4.78 is 8.50. The number of amides is 1. The highest BCUT2D eigenvalue weighted by Crippen LogP contribution is 2.17. The van der Waals surface area contributed by atoms with Crippen LogP contribution in [-0.4, -0.2) is 21.9 Å². The first-order valence-corrected chi connectivity index (χ1v) is 9.67. The maximum atomic E-state index is 12.1. The lowest BCUT2D eigenvalue weighted by molar-refractivity contribution is -0.116. The van der Waals surface area contributed by atoms with E-state index in [-0.39, 0.29) is 5.91 Å². The molecule has 0 atom stereocenters. The van der Waals surface area contributed by atoms with Crippen molar-refractivity contribution in [1.82, 2.24) is 14.7 Å². The summed E-state index contributed by atoms with van der Waals surface area (Å²) in [6.07, 6.45) is 8.16. The van der Waals surface area contributed by atoms with Crippen LogP contribution in [0.2, 0.25) is 0 Å². The van der Waals surface area contributed by atoms with E-state index in [1.807, 2.05) is 54.0 Å². The highest BCUT2D eigenvalue weighted by atomic mass is 79.9. The van der Waals surface area contributed by atoms with Crippen LogP contribution in [0.5, 0.6) is 5.75 Å². The van der Waals surface area contributed by atoms with Gasteiger partial charge in [0.15, 0.2) is 0 Å². The monoisotopic (exact) mass is 427 g/mol. The smallest absolute Gasteiger partial charge is 0.244 e. The highest BCUT2D eigenvalue weighted by molar-refractivity contribution is 9.10. The quantitative estimate of drug-likeness (QED) is 0.563. The van der Waals surface area contributed by atoms with E-state index in [9.17, 15) is 4.79 Å². The topological polar surface area (TPSA) is 55.6 Å². The Morgan fingerprint density at radius 2 is 2.07 bits per heavy atom. The number of pyridine rings is 1. The van der Waals surface area contributed by atoms with Crippen molar-refractivity contribution in [2.45, 2.75) is 26.8 Å². The number of aromatic nitrogens is 2. The standard InChI is InChI=1S/C21H22BrN3O2/c1-3-10-27-19-7-4-16(5-8-19)6-9-20(26)23-12-18-14-25-13-17(22)11-15(2)21(25)24-18/h4-9,11,13-14H,3,10,12H2,1-2H3,(H,23,26)/b9-6+. The number of hydrogen-bond acceptors (Lipinski definition) is 3. The van der Waals surface area contributed by atoms with Crippen molar-refractivity contribution in [3.05, 3.63) is 70.1 Å². The average Bonchev–Trinajstić information content (AvgIpc) is 3.07. The van der Waals surface area contributed by atoms with Gasteiger partial charge in [0.2, 0.25) is 5.91 Å². The van der Waals surface area contributed by atoms with Gasteiger partial charge >= 0.3 is 0 Å². The molecule has 0 saturated carbocycles. The summed E-state index contributed by atoms with van der Waals surface area (Å²) in [5.41, 5.74) is 3.73. The van der Waals surface area contributed by atoms with Crippen molar-refractivity contribution < 1.29 is 9.53 Å². The van der Waals surface area contributed by atoms with Gasteiger partial charge in [-0.1, -0.05) is 19.1 Å². The molecule has 1 amide bonds. The number of benzene rings is 1. The second-order valence-corrected chi connectivity index (χ2v) is 7.19. The van der Waals surface area contributed by atoms with Gasteiger partial charge in [0.05, 0.1) is 18.8 Å². The number of halogens is 1. The molecule has 27 heavy (non-hydrogen) atoms. The Morgan fingerprint density at radius 1 is 1.30 bits per heavy atom. The van der Waals surface area contributed by atoms with E-state index in [0.29, 0.717) is 13.2 Å². The zero-order valence-corrected chi connectivity index (χ0v) is 17.0. The Bertz CT molecular complexity index is 961. The molecule has 0 aliphatic heterocycles. The zero-order chi connectivity index (χ0) is 19.2. The second kappa shape index (κ2) is 8.86. The van der Waals surface area contributed by atoms with Crippen molar-refractivity contribution in [1.29, 1.82) is 0 Å². The normalized spacial score (nSPS) is 11.2. The van der Waals surface area contributed by atoms with E-state index in [1.54, 1.807) is 6.08 Å². The number of nitrogens with zero attached hydrogens (tertiary/aromatic N) is 2. The first-order chi connectivity index (χ1) is 13.0. The van der Waals surface area contributed by atoms with E-state index < -0.39 is 0 Å². The van der Waals surface area contributed by atoms with Crippen LogP contribution in [-0.2, 0) is 11.3 Å². The first-order valence-electron chi connectivity index (χ1n) is 8.87. The second-order valence-electron chi connectivity index (χ2n) is 6.27.